The molecule has 0 saturated heterocycles. The zero-order valence-corrected chi connectivity index (χ0v) is 10.2. The van der Waals surface area contributed by atoms with Crippen molar-refractivity contribution in [3.8, 4) is 0 Å². The lowest BCUT2D eigenvalue weighted by Gasteiger charge is -1.94. The van der Waals surface area contributed by atoms with Gasteiger partial charge in [0.05, 0.1) is 0 Å². The van der Waals surface area contributed by atoms with E-state index in [-0.39, 0.29) is 0 Å². The molecule has 14 heavy (non-hydrogen) atoms. The molecule has 2 rings (SSSR count). The number of thiophene rings is 1. The summed E-state index contributed by atoms with van der Waals surface area (Å²) in [6.07, 6.45) is 0. The zero-order chi connectivity index (χ0) is 9.97. The summed E-state index contributed by atoms with van der Waals surface area (Å²) in [4.78, 5) is 5.28. The minimum absolute atomic E-state index is 0.359. The zero-order valence-electron chi connectivity index (χ0n) is 7.03. The Morgan fingerprint density at radius 1 is 1.64 bits per heavy atom. The summed E-state index contributed by atoms with van der Waals surface area (Å²) in [5.41, 5.74) is 5.41. The maximum atomic E-state index is 5.41. The molecular formula is C7H7BrN4S2. The Labute approximate surface area is 97.4 Å². The van der Waals surface area contributed by atoms with E-state index >= 15 is 0 Å². The molecule has 74 valence electrons. The monoisotopic (exact) mass is 290 g/mol. The van der Waals surface area contributed by atoms with Gasteiger partial charge < -0.3 is 5.73 Å². The number of nitrogens with zero attached hydrogens (tertiary/aromatic N) is 2. The highest BCUT2D eigenvalue weighted by molar-refractivity contribution is 9.10. The molecule has 0 amide bonds. The highest BCUT2D eigenvalue weighted by Gasteiger charge is 2.05. The van der Waals surface area contributed by atoms with Crippen molar-refractivity contribution in [3.63, 3.8) is 0 Å². The van der Waals surface area contributed by atoms with E-state index < -0.39 is 0 Å². The molecule has 2 heterocycles. The van der Waals surface area contributed by atoms with Gasteiger partial charge in [-0.2, -0.15) is 4.98 Å². The molecule has 0 radical (unpaired) electrons. The summed E-state index contributed by atoms with van der Waals surface area (Å²) in [6, 6.07) is 2.03. The van der Waals surface area contributed by atoms with E-state index in [2.05, 4.69) is 31.1 Å². The largest absolute Gasteiger partial charge is 0.368 e. The average Bonchev–Trinajstić information content (AvgIpc) is 2.72. The van der Waals surface area contributed by atoms with Crippen molar-refractivity contribution in [1.82, 2.24) is 15.2 Å². The highest BCUT2D eigenvalue weighted by atomic mass is 79.9. The van der Waals surface area contributed by atoms with Crippen LogP contribution in [0.3, 0.4) is 0 Å². The smallest absolute Gasteiger partial charge is 0.216 e. The van der Waals surface area contributed by atoms with Gasteiger partial charge in [0.25, 0.3) is 0 Å². The number of hydrogen-bond acceptors (Lipinski definition) is 5. The SMILES string of the molecule is Nc1nc(SCc2sccc2Br)n[nH]1. The molecule has 7 heteroatoms. The first-order valence-electron chi connectivity index (χ1n) is 3.78. The quantitative estimate of drug-likeness (QED) is 0.853. The lowest BCUT2D eigenvalue weighted by atomic mass is 10.5. The van der Waals surface area contributed by atoms with Crippen LogP contribution in [-0.4, -0.2) is 15.2 Å². The van der Waals surface area contributed by atoms with Gasteiger partial charge in [0.1, 0.15) is 0 Å². The number of halogens is 1. The molecule has 0 fully saturated rings. The van der Waals surface area contributed by atoms with Crippen LogP contribution in [0.2, 0.25) is 0 Å². The fourth-order valence-corrected chi connectivity index (χ4v) is 3.48. The van der Waals surface area contributed by atoms with Crippen LogP contribution < -0.4 is 5.73 Å². The average molecular weight is 291 g/mol. The van der Waals surface area contributed by atoms with Crippen LogP contribution in [0.25, 0.3) is 0 Å². The predicted octanol–water partition coefficient (Wildman–Crippen LogP) is 2.50. The van der Waals surface area contributed by atoms with Gasteiger partial charge in [-0.05, 0) is 27.4 Å². The molecule has 0 bridgehead atoms. The molecule has 0 atom stereocenters. The number of thioether (sulfide) groups is 1. The molecular weight excluding hydrogens is 284 g/mol. The van der Waals surface area contributed by atoms with Crippen molar-refractivity contribution in [2.45, 2.75) is 10.9 Å². The normalized spacial score (nSPS) is 10.6. The number of nitrogens with two attached hydrogens (primary N) is 1. The summed E-state index contributed by atoms with van der Waals surface area (Å²) in [6.45, 7) is 0. The van der Waals surface area contributed by atoms with E-state index in [9.17, 15) is 0 Å². The highest BCUT2D eigenvalue weighted by Crippen LogP contribution is 2.29. The Morgan fingerprint density at radius 3 is 3.07 bits per heavy atom. The molecule has 0 aliphatic heterocycles. The molecule has 2 aromatic rings. The van der Waals surface area contributed by atoms with Crippen molar-refractivity contribution in [1.29, 1.82) is 0 Å². The Hall–Kier alpha value is -0.530. The van der Waals surface area contributed by atoms with Gasteiger partial charge in [-0.1, -0.05) is 11.8 Å². The second-order valence-electron chi connectivity index (χ2n) is 2.48. The first-order chi connectivity index (χ1) is 6.75. The minimum atomic E-state index is 0.359. The van der Waals surface area contributed by atoms with Crippen LogP contribution in [0, 0.1) is 0 Å². The van der Waals surface area contributed by atoms with Crippen LogP contribution in [-0.2, 0) is 5.75 Å². The molecule has 0 aliphatic rings. The fourth-order valence-electron chi connectivity index (χ4n) is 0.881. The van der Waals surface area contributed by atoms with Crippen molar-refractivity contribution in [3.05, 3.63) is 20.8 Å². The third-order valence-electron chi connectivity index (χ3n) is 1.51. The van der Waals surface area contributed by atoms with Crippen molar-refractivity contribution in [2.24, 2.45) is 0 Å². The number of H-pyrrole nitrogens is 1. The van der Waals surface area contributed by atoms with Gasteiger partial charge >= 0.3 is 0 Å². The summed E-state index contributed by atoms with van der Waals surface area (Å²) < 4.78 is 1.14. The second-order valence-corrected chi connectivity index (χ2v) is 5.28. The maximum Gasteiger partial charge on any atom is 0.216 e. The molecule has 3 N–H and O–H groups in total. The lowest BCUT2D eigenvalue weighted by molar-refractivity contribution is 0.973. The minimum Gasteiger partial charge on any atom is -0.368 e. The van der Waals surface area contributed by atoms with Gasteiger partial charge in [-0.25, -0.2) is 5.10 Å². The van der Waals surface area contributed by atoms with Gasteiger partial charge in [0.2, 0.25) is 11.1 Å². The number of aromatic nitrogens is 3. The van der Waals surface area contributed by atoms with Crippen LogP contribution in [0.1, 0.15) is 4.88 Å². The summed E-state index contributed by atoms with van der Waals surface area (Å²) in [7, 11) is 0. The Morgan fingerprint density at radius 2 is 2.50 bits per heavy atom. The molecule has 0 spiro atoms. The van der Waals surface area contributed by atoms with E-state index in [1.165, 1.54) is 4.88 Å². The van der Waals surface area contributed by atoms with E-state index in [0.717, 1.165) is 10.2 Å². The predicted molar refractivity (Wildman–Crippen MR) is 62.4 cm³/mol. The van der Waals surface area contributed by atoms with Crippen LogP contribution >= 0.6 is 39.0 Å². The lowest BCUT2D eigenvalue weighted by Crippen LogP contribution is -1.85. The fraction of sp³-hybridized carbons (Fsp3) is 0.143. The standard InChI is InChI=1S/C7H7BrN4S2/c8-4-1-2-13-5(4)3-14-7-10-6(9)11-12-7/h1-2H,3H2,(H3,9,10,11,12). The van der Waals surface area contributed by atoms with Gasteiger partial charge in [0.15, 0.2) is 0 Å². The Kier molecular flexibility index (Phi) is 3.09. The third kappa shape index (κ3) is 2.28. The second kappa shape index (κ2) is 4.33. The number of anilines is 1. The summed E-state index contributed by atoms with van der Waals surface area (Å²) in [5.74, 6) is 1.22. The topological polar surface area (TPSA) is 67.6 Å². The number of nitrogen functional groups attached to an aromatic ring is 1. The Bertz CT molecular complexity index is 425. The number of aromatic amines is 1. The summed E-state index contributed by atoms with van der Waals surface area (Å²) >= 11 is 6.74. The summed E-state index contributed by atoms with van der Waals surface area (Å²) in [5, 5.41) is 9.27. The van der Waals surface area contributed by atoms with Crippen LogP contribution in [0.4, 0.5) is 5.95 Å². The number of nitrogens with one attached hydrogen (secondary N) is 1. The third-order valence-corrected chi connectivity index (χ3v) is 4.49. The number of rotatable bonds is 3. The van der Waals surface area contributed by atoms with Gasteiger partial charge in [0, 0.05) is 15.1 Å². The maximum absolute atomic E-state index is 5.41. The van der Waals surface area contributed by atoms with Crippen LogP contribution in [0.5, 0.6) is 0 Å². The van der Waals surface area contributed by atoms with Crippen molar-refractivity contribution < 1.29 is 0 Å². The molecule has 0 aromatic carbocycles. The van der Waals surface area contributed by atoms with Crippen molar-refractivity contribution >= 4 is 45.0 Å². The van der Waals surface area contributed by atoms with E-state index in [4.69, 9.17) is 5.73 Å². The van der Waals surface area contributed by atoms with E-state index in [1.807, 2.05) is 11.4 Å². The van der Waals surface area contributed by atoms with E-state index in [0.29, 0.717) is 11.1 Å². The first kappa shape index (κ1) is 10.0. The molecule has 0 unspecified atom stereocenters. The van der Waals surface area contributed by atoms with E-state index in [1.54, 1.807) is 23.1 Å². The van der Waals surface area contributed by atoms with Gasteiger partial charge in [-0.3, -0.25) is 0 Å². The Balaban J connectivity index is 1.98. The molecule has 0 aliphatic carbocycles. The van der Waals surface area contributed by atoms with Gasteiger partial charge in [-0.15, -0.1) is 16.4 Å². The molecule has 0 saturated carbocycles. The van der Waals surface area contributed by atoms with Crippen molar-refractivity contribution in [2.75, 3.05) is 5.73 Å². The molecule has 4 nitrogen and oxygen atoms in total. The number of hydrogen-bond donors (Lipinski definition) is 2. The molecule has 2 aromatic heterocycles. The first-order valence-corrected chi connectivity index (χ1v) is 6.44. The van der Waals surface area contributed by atoms with Crippen LogP contribution in [0.15, 0.2) is 21.1 Å².